The average molecular weight is 365 g/mol. The minimum absolute atomic E-state index is 0.106. The lowest BCUT2D eigenvalue weighted by molar-refractivity contribution is -0.384. The van der Waals surface area contributed by atoms with Crippen LogP contribution in [-0.4, -0.2) is 30.7 Å². The van der Waals surface area contributed by atoms with Crippen molar-refractivity contribution in [3.63, 3.8) is 0 Å². The molecule has 1 N–H and O–H groups in total. The number of nitrogens with zero attached hydrogens (tertiary/aromatic N) is 2. The van der Waals surface area contributed by atoms with Crippen LogP contribution in [0.2, 0.25) is 0 Å². The van der Waals surface area contributed by atoms with Gasteiger partial charge >= 0.3 is 0 Å². The maximum absolute atomic E-state index is 13.0. The van der Waals surface area contributed by atoms with Crippen LogP contribution in [0.3, 0.4) is 0 Å². The van der Waals surface area contributed by atoms with Crippen molar-refractivity contribution in [1.29, 1.82) is 0 Å². The monoisotopic (exact) mass is 365 g/mol. The Labute approximate surface area is 144 Å². The van der Waals surface area contributed by atoms with E-state index in [9.17, 15) is 22.9 Å². The second kappa shape index (κ2) is 6.77. The fourth-order valence-corrected chi connectivity index (χ4v) is 4.23. The summed E-state index contributed by atoms with van der Waals surface area (Å²) in [5, 5.41) is 14.2. The normalized spacial score (nSPS) is 15.2. The summed E-state index contributed by atoms with van der Waals surface area (Å²) in [5.74, 6) is -0.424. The Morgan fingerprint density at radius 3 is 2.32 bits per heavy atom. The third-order valence-corrected chi connectivity index (χ3v) is 5.89. The van der Waals surface area contributed by atoms with Crippen molar-refractivity contribution >= 4 is 27.1 Å². The maximum Gasteiger partial charge on any atom is 0.294 e. The van der Waals surface area contributed by atoms with Gasteiger partial charge in [-0.15, -0.1) is 0 Å². The van der Waals surface area contributed by atoms with Gasteiger partial charge < -0.3 is 5.32 Å². The highest BCUT2D eigenvalue weighted by Gasteiger charge is 2.29. The van der Waals surface area contributed by atoms with Crippen molar-refractivity contribution in [3.8, 4) is 0 Å². The molecule has 25 heavy (non-hydrogen) atoms. The van der Waals surface area contributed by atoms with Gasteiger partial charge in [0, 0.05) is 24.8 Å². The number of hydrogen-bond donors (Lipinski definition) is 1. The molecule has 1 fully saturated rings. The van der Waals surface area contributed by atoms with Gasteiger partial charge in [0.2, 0.25) is 10.0 Å². The van der Waals surface area contributed by atoms with Gasteiger partial charge in [-0.2, -0.15) is 4.31 Å². The summed E-state index contributed by atoms with van der Waals surface area (Å²) < 4.78 is 39.4. The molecule has 1 aliphatic rings. The maximum atomic E-state index is 13.0. The van der Waals surface area contributed by atoms with E-state index in [4.69, 9.17) is 0 Å². The van der Waals surface area contributed by atoms with E-state index in [1.165, 1.54) is 40.7 Å². The Balaban J connectivity index is 1.95. The molecule has 0 aromatic heterocycles. The van der Waals surface area contributed by atoms with Crippen LogP contribution in [0.15, 0.2) is 47.4 Å². The van der Waals surface area contributed by atoms with Crippen LogP contribution in [0.25, 0.3) is 0 Å². The van der Waals surface area contributed by atoms with E-state index in [-0.39, 0.29) is 16.3 Å². The zero-order valence-electron chi connectivity index (χ0n) is 13.2. The lowest BCUT2D eigenvalue weighted by atomic mass is 10.2. The van der Waals surface area contributed by atoms with E-state index >= 15 is 0 Å². The number of nitro groups is 1. The second-order valence-corrected chi connectivity index (χ2v) is 7.62. The fraction of sp³-hybridized carbons (Fsp3) is 0.250. The Morgan fingerprint density at radius 2 is 1.72 bits per heavy atom. The highest BCUT2D eigenvalue weighted by atomic mass is 32.2. The topological polar surface area (TPSA) is 92.5 Å². The molecule has 7 nitrogen and oxygen atoms in total. The van der Waals surface area contributed by atoms with Crippen LogP contribution in [0.4, 0.5) is 21.5 Å². The van der Waals surface area contributed by atoms with E-state index in [2.05, 4.69) is 5.32 Å². The molecule has 132 valence electrons. The van der Waals surface area contributed by atoms with Crippen LogP contribution in [0.5, 0.6) is 0 Å². The quantitative estimate of drug-likeness (QED) is 0.648. The Hall–Kier alpha value is -2.52. The molecule has 9 heteroatoms. The van der Waals surface area contributed by atoms with Crippen LogP contribution in [-0.2, 0) is 10.0 Å². The minimum atomic E-state index is -3.74. The van der Waals surface area contributed by atoms with E-state index in [0.717, 1.165) is 18.9 Å². The predicted molar refractivity (Wildman–Crippen MR) is 90.8 cm³/mol. The smallest absolute Gasteiger partial charge is 0.294 e. The van der Waals surface area contributed by atoms with Gasteiger partial charge in [0.15, 0.2) is 0 Å². The first-order valence-corrected chi connectivity index (χ1v) is 9.13. The highest BCUT2D eigenvalue weighted by molar-refractivity contribution is 7.89. The molecule has 2 aromatic carbocycles. The summed E-state index contributed by atoms with van der Waals surface area (Å²) in [4.78, 5) is 10.6. The van der Waals surface area contributed by atoms with Crippen molar-refractivity contribution < 1.29 is 17.7 Å². The first-order chi connectivity index (χ1) is 11.9. The zero-order chi connectivity index (χ0) is 18.0. The van der Waals surface area contributed by atoms with E-state index in [1.54, 1.807) is 0 Å². The number of hydrogen-bond acceptors (Lipinski definition) is 5. The van der Waals surface area contributed by atoms with Gasteiger partial charge in [0.25, 0.3) is 5.69 Å². The number of anilines is 2. The highest BCUT2D eigenvalue weighted by Crippen LogP contribution is 2.32. The van der Waals surface area contributed by atoms with Gasteiger partial charge in [0.1, 0.15) is 11.5 Å². The van der Waals surface area contributed by atoms with Crippen LogP contribution < -0.4 is 5.32 Å². The predicted octanol–water partition coefficient (Wildman–Crippen LogP) is 3.26. The minimum Gasteiger partial charge on any atom is -0.350 e. The van der Waals surface area contributed by atoms with Gasteiger partial charge in [0.05, 0.1) is 9.82 Å². The summed E-state index contributed by atoms with van der Waals surface area (Å²) in [6.07, 6.45) is 1.57. The molecule has 1 aliphatic heterocycles. The van der Waals surface area contributed by atoms with E-state index < -0.39 is 20.8 Å². The molecular weight excluding hydrogens is 349 g/mol. The molecule has 1 saturated heterocycles. The van der Waals surface area contributed by atoms with Crippen molar-refractivity contribution in [2.24, 2.45) is 0 Å². The number of sulfonamides is 1. The molecule has 0 atom stereocenters. The summed E-state index contributed by atoms with van der Waals surface area (Å²) in [7, 11) is -3.74. The number of nitro benzene ring substituents is 1. The molecule has 3 rings (SSSR count). The Kier molecular flexibility index (Phi) is 4.69. The third kappa shape index (κ3) is 3.62. The summed E-state index contributed by atoms with van der Waals surface area (Å²) >= 11 is 0. The molecule has 2 aromatic rings. The van der Waals surface area contributed by atoms with Crippen LogP contribution in [0, 0.1) is 15.9 Å². The van der Waals surface area contributed by atoms with Crippen molar-refractivity contribution in [2.75, 3.05) is 18.4 Å². The van der Waals surface area contributed by atoms with Crippen LogP contribution >= 0.6 is 0 Å². The molecule has 1 heterocycles. The van der Waals surface area contributed by atoms with Gasteiger partial charge in [-0.25, -0.2) is 12.8 Å². The lowest BCUT2D eigenvalue weighted by Crippen LogP contribution is -2.27. The standard InChI is InChI=1S/C16H16FN3O4S/c17-12-3-5-13(6-4-12)18-15-8-7-14(11-16(15)20(21)22)25(23,24)19-9-1-2-10-19/h3-8,11,18H,1-2,9-10H2. The summed E-state index contributed by atoms with van der Waals surface area (Å²) in [6.45, 7) is 0.845. The molecule has 0 spiro atoms. The number of rotatable bonds is 5. The van der Waals surface area contributed by atoms with Crippen molar-refractivity contribution in [3.05, 3.63) is 58.4 Å². The summed E-state index contributed by atoms with van der Waals surface area (Å²) in [6, 6.07) is 9.07. The first kappa shape index (κ1) is 17.3. The molecule has 0 unspecified atom stereocenters. The SMILES string of the molecule is O=[N+]([O-])c1cc(S(=O)(=O)N2CCCC2)ccc1Nc1ccc(F)cc1. The molecule has 0 amide bonds. The first-order valence-electron chi connectivity index (χ1n) is 7.69. The fourth-order valence-electron chi connectivity index (χ4n) is 2.69. The second-order valence-electron chi connectivity index (χ2n) is 5.68. The van der Waals surface area contributed by atoms with Crippen molar-refractivity contribution in [1.82, 2.24) is 4.31 Å². The van der Waals surface area contributed by atoms with Gasteiger partial charge in [-0.1, -0.05) is 0 Å². The average Bonchev–Trinajstić information content (AvgIpc) is 3.12. The molecule has 0 aliphatic carbocycles. The number of halogens is 1. The van der Waals surface area contributed by atoms with Gasteiger partial charge in [-0.3, -0.25) is 10.1 Å². The largest absolute Gasteiger partial charge is 0.350 e. The molecular formula is C16H16FN3O4S. The third-order valence-electron chi connectivity index (χ3n) is 3.99. The van der Waals surface area contributed by atoms with Crippen molar-refractivity contribution in [2.45, 2.75) is 17.7 Å². The van der Waals surface area contributed by atoms with Crippen LogP contribution in [0.1, 0.15) is 12.8 Å². The number of benzene rings is 2. The molecule has 0 bridgehead atoms. The molecule has 0 radical (unpaired) electrons. The van der Waals surface area contributed by atoms with E-state index in [1.807, 2.05) is 0 Å². The Morgan fingerprint density at radius 1 is 1.08 bits per heavy atom. The lowest BCUT2D eigenvalue weighted by Gasteiger charge is -2.16. The van der Waals surface area contributed by atoms with E-state index in [0.29, 0.717) is 18.8 Å². The molecule has 0 saturated carbocycles. The number of nitrogens with one attached hydrogen (secondary N) is 1. The van der Waals surface area contributed by atoms with Gasteiger partial charge in [-0.05, 0) is 49.2 Å². The summed E-state index contributed by atoms with van der Waals surface area (Å²) in [5.41, 5.74) is 0.237. The Bertz CT molecular complexity index is 894. The zero-order valence-corrected chi connectivity index (χ0v) is 14.0.